The summed E-state index contributed by atoms with van der Waals surface area (Å²) < 4.78 is 37.8. The van der Waals surface area contributed by atoms with E-state index >= 15 is 0 Å². The molecule has 3 nitrogen and oxygen atoms in total. The van der Waals surface area contributed by atoms with E-state index in [1.807, 2.05) is 24.3 Å². The zero-order chi connectivity index (χ0) is 30.3. The van der Waals surface area contributed by atoms with Crippen LogP contribution in [0, 0.1) is 0 Å². The predicted molar refractivity (Wildman–Crippen MR) is 181 cm³/mol. The summed E-state index contributed by atoms with van der Waals surface area (Å²) in [6.45, 7) is 4.53. The van der Waals surface area contributed by atoms with Gasteiger partial charge in [-0.25, -0.2) is 8.42 Å². The number of aryl methyl sites for hydroxylation is 2. The number of hydrogen-bond donors (Lipinski definition) is 0. The zero-order valence-corrected chi connectivity index (χ0v) is 31.2. The number of benzene rings is 2. The van der Waals surface area contributed by atoms with Crippen molar-refractivity contribution in [3.8, 4) is 0 Å². The van der Waals surface area contributed by atoms with Crippen LogP contribution in [0.1, 0.15) is 179 Å². The second-order valence-electron chi connectivity index (χ2n) is 12.8. The molecule has 0 aliphatic carbocycles. The maximum Gasteiger partial charge on any atom is 1.00 e. The molecule has 0 saturated carbocycles. The van der Waals surface area contributed by atoms with Crippen LogP contribution in [-0.4, -0.2) is 13.0 Å². The van der Waals surface area contributed by atoms with E-state index in [0.717, 1.165) is 47.6 Å². The van der Waals surface area contributed by atoms with E-state index in [2.05, 4.69) is 19.9 Å². The molecule has 0 atom stereocenters. The Bertz CT molecular complexity index is 1070. The van der Waals surface area contributed by atoms with E-state index < -0.39 is 10.1 Å². The van der Waals surface area contributed by atoms with Crippen LogP contribution in [0.4, 0.5) is 0 Å². The normalized spacial score (nSPS) is 11.7. The molecule has 0 unspecified atom stereocenters. The Hall–Kier alpha value is -0.390. The molecule has 0 amide bonds. The van der Waals surface area contributed by atoms with E-state index in [4.69, 9.17) is 0 Å². The van der Waals surface area contributed by atoms with E-state index in [9.17, 15) is 13.0 Å². The molecule has 5 heteroatoms. The number of unbranched alkanes of at least 4 members (excludes halogenated alkanes) is 22. The molecule has 0 radical (unpaired) electrons. The summed E-state index contributed by atoms with van der Waals surface area (Å²) in [4.78, 5) is 0.0901. The van der Waals surface area contributed by atoms with Gasteiger partial charge in [0.25, 0.3) is 0 Å². The van der Waals surface area contributed by atoms with Crippen LogP contribution in [0.15, 0.2) is 35.2 Å². The minimum Gasteiger partial charge on any atom is -0.744 e. The third kappa shape index (κ3) is 17.8. The molecule has 0 N–H and O–H groups in total. The molecule has 0 fully saturated rings. The minimum absolute atomic E-state index is 0. The monoisotopic (exact) mass is 622 g/mol. The first-order chi connectivity index (χ1) is 20.5. The summed E-state index contributed by atoms with van der Waals surface area (Å²) in [7, 11) is -4.54. The summed E-state index contributed by atoms with van der Waals surface area (Å²) in [6, 6.07) is 10.0. The maximum atomic E-state index is 12.6. The SMILES string of the molecule is CCCCCCCCCCCCCCc1cc2ccccc2c(CCCCCCCCCCCCCC)c1S(=O)(=O)[O-].[Na+]. The van der Waals surface area contributed by atoms with Crippen LogP contribution < -0.4 is 29.6 Å². The molecule has 0 heterocycles. The molecule has 2 aromatic rings. The van der Waals surface area contributed by atoms with Crippen molar-refractivity contribution in [3.63, 3.8) is 0 Å². The smallest absolute Gasteiger partial charge is 0.744 e. The van der Waals surface area contributed by atoms with Crippen LogP contribution in [0.3, 0.4) is 0 Å². The topological polar surface area (TPSA) is 57.2 Å². The molecule has 0 bridgehead atoms. The Morgan fingerprint density at radius 2 is 0.907 bits per heavy atom. The molecule has 0 aromatic heterocycles. The van der Waals surface area contributed by atoms with Gasteiger partial charge in [-0.15, -0.1) is 0 Å². The molecule has 0 saturated heterocycles. The van der Waals surface area contributed by atoms with Crippen molar-refractivity contribution in [3.05, 3.63) is 41.5 Å². The second kappa shape index (κ2) is 25.8. The van der Waals surface area contributed by atoms with Gasteiger partial charge in [-0.3, -0.25) is 0 Å². The van der Waals surface area contributed by atoms with Crippen molar-refractivity contribution in [1.82, 2.24) is 0 Å². The standard InChI is InChI=1S/C38H64O3S.Na/c1-3-5-7-9-11-13-15-17-19-21-23-25-30-35-33-34-29-27-28-31-36(34)37(38(35)42(39,40)41)32-26-24-22-20-18-16-14-12-10-8-6-4-2;/h27-29,31,33H,3-26,30,32H2,1-2H3,(H,39,40,41);/q;+1/p-1. The molecule has 2 rings (SSSR count). The van der Waals surface area contributed by atoms with Crippen molar-refractivity contribution in [2.75, 3.05) is 0 Å². The van der Waals surface area contributed by atoms with E-state index in [1.54, 1.807) is 0 Å². The molecule has 0 aliphatic rings. The molecule has 2 aromatic carbocycles. The second-order valence-corrected chi connectivity index (χ2v) is 14.1. The van der Waals surface area contributed by atoms with Gasteiger partial charge in [0.05, 0.1) is 4.90 Å². The summed E-state index contributed by atoms with van der Waals surface area (Å²) in [5.41, 5.74) is 1.51. The van der Waals surface area contributed by atoms with Crippen LogP contribution in [0.5, 0.6) is 0 Å². The fourth-order valence-corrected chi connectivity index (χ4v) is 7.51. The summed E-state index contributed by atoms with van der Waals surface area (Å²) in [5.74, 6) is 0. The number of rotatable bonds is 27. The van der Waals surface area contributed by atoms with E-state index in [1.165, 1.54) is 128 Å². The fourth-order valence-electron chi connectivity index (χ4n) is 6.51. The number of hydrogen-bond acceptors (Lipinski definition) is 3. The summed E-state index contributed by atoms with van der Waals surface area (Å²) in [5, 5.41) is 2.00. The third-order valence-corrected chi connectivity index (χ3v) is 10.0. The van der Waals surface area contributed by atoms with Crippen LogP contribution in [0.2, 0.25) is 0 Å². The van der Waals surface area contributed by atoms with Crippen molar-refractivity contribution in [1.29, 1.82) is 0 Å². The van der Waals surface area contributed by atoms with Crippen LogP contribution in [-0.2, 0) is 23.0 Å². The van der Waals surface area contributed by atoms with Crippen molar-refractivity contribution in [2.45, 2.75) is 186 Å². The Kier molecular flexibility index (Phi) is 24.3. The third-order valence-electron chi connectivity index (χ3n) is 9.01. The van der Waals surface area contributed by atoms with Crippen LogP contribution >= 0.6 is 0 Å². The molecule has 43 heavy (non-hydrogen) atoms. The van der Waals surface area contributed by atoms with Gasteiger partial charge in [-0.1, -0.05) is 179 Å². The largest absolute Gasteiger partial charge is 1.00 e. The molecule has 0 aliphatic heterocycles. The van der Waals surface area contributed by atoms with Gasteiger partial charge in [0.15, 0.2) is 0 Å². The van der Waals surface area contributed by atoms with Crippen molar-refractivity contribution < 1.29 is 42.5 Å². The molecule has 240 valence electrons. The fraction of sp³-hybridized carbons (Fsp3) is 0.737. The minimum atomic E-state index is -4.54. The van der Waals surface area contributed by atoms with E-state index in [-0.39, 0.29) is 34.5 Å². The first kappa shape index (κ1) is 40.6. The first-order valence-electron chi connectivity index (χ1n) is 18.0. The van der Waals surface area contributed by atoms with Gasteiger partial charge in [-0.05, 0) is 53.6 Å². The van der Waals surface area contributed by atoms with Crippen molar-refractivity contribution >= 4 is 20.9 Å². The van der Waals surface area contributed by atoms with Gasteiger partial charge >= 0.3 is 29.6 Å². The zero-order valence-electron chi connectivity index (χ0n) is 28.4. The summed E-state index contributed by atoms with van der Waals surface area (Å²) >= 11 is 0. The first-order valence-corrected chi connectivity index (χ1v) is 19.4. The van der Waals surface area contributed by atoms with Gasteiger partial charge in [0.1, 0.15) is 10.1 Å². The summed E-state index contributed by atoms with van der Waals surface area (Å²) in [6.07, 6.45) is 31.9. The molecular formula is C38H63NaO3S. The average molecular weight is 623 g/mol. The Morgan fingerprint density at radius 3 is 1.33 bits per heavy atom. The van der Waals surface area contributed by atoms with Crippen molar-refractivity contribution in [2.24, 2.45) is 0 Å². The van der Waals surface area contributed by atoms with Gasteiger partial charge in [0.2, 0.25) is 0 Å². The van der Waals surface area contributed by atoms with Gasteiger partial charge < -0.3 is 4.55 Å². The Morgan fingerprint density at radius 1 is 0.535 bits per heavy atom. The molecular weight excluding hydrogens is 559 g/mol. The average Bonchev–Trinajstić information content (AvgIpc) is 2.97. The Balaban J connectivity index is 0.00000924. The quantitative estimate of drug-likeness (QED) is 0.0567. The van der Waals surface area contributed by atoms with Gasteiger partial charge in [-0.2, -0.15) is 0 Å². The predicted octanol–water partition coefficient (Wildman–Crippen LogP) is 9.24. The maximum absolute atomic E-state index is 12.6. The Labute approximate surface area is 288 Å². The van der Waals surface area contributed by atoms with Gasteiger partial charge in [0, 0.05) is 0 Å². The number of fused-ring (bicyclic) bond motifs is 1. The molecule has 0 spiro atoms. The van der Waals surface area contributed by atoms with E-state index in [0.29, 0.717) is 12.8 Å². The van der Waals surface area contributed by atoms with Crippen LogP contribution in [0.25, 0.3) is 10.8 Å².